The van der Waals surface area contributed by atoms with Crippen LogP contribution in [0.2, 0.25) is 0 Å². The second-order valence-electron chi connectivity index (χ2n) is 10.8. The molecular formula is C29H31FN2O3. The first-order valence-electron chi connectivity index (χ1n) is 12.9. The minimum atomic E-state index is -0.264. The fourth-order valence-corrected chi connectivity index (χ4v) is 6.70. The summed E-state index contributed by atoms with van der Waals surface area (Å²) in [5.74, 6) is 1.23. The average Bonchev–Trinajstić information content (AvgIpc) is 3.67. The molecule has 2 aliphatic carbocycles. The number of allylic oxidation sites excluding steroid dienone is 1. The number of aromatic nitrogens is 1. The molecule has 6 atom stereocenters. The Labute approximate surface area is 205 Å². The highest BCUT2D eigenvalue weighted by molar-refractivity contribution is 5.81. The Bertz CT molecular complexity index is 1160. The molecule has 182 valence electrons. The van der Waals surface area contributed by atoms with Crippen LogP contribution in [0.4, 0.5) is 4.39 Å². The van der Waals surface area contributed by atoms with E-state index >= 15 is 0 Å². The zero-order chi connectivity index (χ0) is 24.1. The van der Waals surface area contributed by atoms with Gasteiger partial charge in [0, 0.05) is 36.7 Å². The summed E-state index contributed by atoms with van der Waals surface area (Å²) in [7, 11) is 0. The van der Waals surface area contributed by atoms with Gasteiger partial charge in [0.1, 0.15) is 11.9 Å². The van der Waals surface area contributed by atoms with Crippen molar-refractivity contribution in [3.05, 3.63) is 60.2 Å². The van der Waals surface area contributed by atoms with E-state index in [9.17, 15) is 14.0 Å². The molecule has 0 radical (unpaired) electrons. The third-order valence-corrected chi connectivity index (χ3v) is 8.57. The second-order valence-corrected chi connectivity index (χ2v) is 10.8. The van der Waals surface area contributed by atoms with Crippen LogP contribution in [-0.2, 0) is 14.3 Å². The number of pyridine rings is 1. The Hall–Kier alpha value is -3.02. The highest BCUT2D eigenvalue weighted by Gasteiger charge is 2.55. The third-order valence-electron chi connectivity index (χ3n) is 8.57. The molecule has 1 aromatic heterocycles. The number of carbonyl (C=O) groups is 2. The van der Waals surface area contributed by atoms with Gasteiger partial charge in [-0.25, -0.2) is 4.39 Å². The van der Waals surface area contributed by atoms with Crippen molar-refractivity contribution in [3.8, 4) is 11.1 Å². The molecule has 2 saturated carbocycles. The highest BCUT2D eigenvalue weighted by atomic mass is 19.1. The van der Waals surface area contributed by atoms with Crippen LogP contribution in [0.3, 0.4) is 0 Å². The Kier molecular flexibility index (Phi) is 5.70. The number of esters is 1. The largest absolute Gasteiger partial charge is 0.462 e. The van der Waals surface area contributed by atoms with E-state index in [4.69, 9.17) is 4.74 Å². The molecule has 0 N–H and O–H groups in total. The van der Waals surface area contributed by atoms with Crippen molar-refractivity contribution in [1.29, 1.82) is 0 Å². The lowest BCUT2D eigenvalue weighted by Crippen LogP contribution is -2.51. The van der Waals surface area contributed by atoms with Crippen LogP contribution in [0.25, 0.3) is 17.2 Å². The summed E-state index contributed by atoms with van der Waals surface area (Å²) < 4.78 is 19.3. The molecule has 2 aliphatic heterocycles. The van der Waals surface area contributed by atoms with E-state index in [0.29, 0.717) is 17.7 Å². The molecule has 0 spiro atoms. The summed E-state index contributed by atoms with van der Waals surface area (Å²) in [6.07, 6.45) is 9.78. The number of rotatable bonds is 4. The van der Waals surface area contributed by atoms with Crippen molar-refractivity contribution < 1.29 is 18.7 Å². The maximum absolute atomic E-state index is 13.6. The predicted molar refractivity (Wildman–Crippen MR) is 130 cm³/mol. The van der Waals surface area contributed by atoms with Crippen molar-refractivity contribution in [2.24, 2.45) is 35.5 Å². The number of fused-ring (bicyclic) bond motifs is 2. The number of piperidine rings is 1. The van der Waals surface area contributed by atoms with Gasteiger partial charge in [-0.15, -0.1) is 0 Å². The minimum Gasteiger partial charge on any atom is -0.462 e. The van der Waals surface area contributed by atoms with Gasteiger partial charge in [0.25, 0.3) is 0 Å². The Morgan fingerprint density at radius 1 is 1.17 bits per heavy atom. The first kappa shape index (κ1) is 22.4. The molecule has 3 heterocycles. The van der Waals surface area contributed by atoms with Crippen molar-refractivity contribution >= 4 is 18.0 Å². The lowest BCUT2D eigenvalue weighted by Gasteiger charge is -2.48. The summed E-state index contributed by atoms with van der Waals surface area (Å²) in [5, 5.41) is 0. The van der Waals surface area contributed by atoms with Crippen molar-refractivity contribution in [2.45, 2.75) is 38.7 Å². The van der Waals surface area contributed by atoms with Gasteiger partial charge in [0.15, 0.2) is 0 Å². The van der Waals surface area contributed by atoms with Crippen LogP contribution in [0, 0.1) is 41.3 Å². The van der Waals surface area contributed by atoms with Gasteiger partial charge in [-0.1, -0.05) is 24.3 Å². The molecule has 6 heteroatoms. The number of hydrogen-bond acceptors (Lipinski definition) is 4. The molecule has 5 unspecified atom stereocenters. The zero-order valence-corrected chi connectivity index (χ0v) is 20.0. The van der Waals surface area contributed by atoms with E-state index in [-0.39, 0.29) is 41.6 Å². The van der Waals surface area contributed by atoms with E-state index in [1.165, 1.54) is 12.1 Å². The van der Waals surface area contributed by atoms with Gasteiger partial charge in [0.05, 0.1) is 11.6 Å². The van der Waals surface area contributed by atoms with Gasteiger partial charge in [0.2, 0.25) is 5.91 Å². The lowest BCUT2D eigenvalue weighted by atomic mass is 9.59. The van der Waals surface area contributed by atoms with Gasteiger partial charge in [-0.05, 0) is 80.2 Å². The molecule has 4 fully saturated rings. The normalized spacial score (nSPS) is 32.3. The third kappa shape index (κ3) is 4.28. The molecule has 0 bridgehead atoms. The summed E-state index contributed by atoms with van der Waals surface area (Å²) in [6, 6.07) is 10.4. The smallest absolute Gasteiger partial charge is 0.309 e. The molecule has 1 aromatic carbocycles. The van der Waals surface area contributed by atoms with Crippen molar-refractivity contribution in [1.82, 2.24) is 9.88 Å². The van der Waals surface area contributed by atoms with Crippen LogP contribution >= 0.6 is 0 Å². The Morgan fingerprint density at radius 3 is 2.77 bits per heavy atom. The van der Waals surface area contributed by atoms with Crippen molar-refractivity contribution in [3.63, 3.8) is 0 Å². The van der Waals surface area contributed by atoms with E-state index < -0.39 is 0 Å². The molecule has 4 aliphatic rings. The van der Waals surface area contributed by atoms with Crippen LogP contribution in [0.15, 0.2) is 48.7 Å². The molecule has 6 rings (SSSR count). The minimum absolute atomic E-state index is 0.0810. The lowest BCUT2D eigenvalue weighted by molar-refractivity contribution is -0.144. The number of cyclic esters (lactones) is 1. The number of halogens is 1. The van der Waals surface area contributed by atoms with Crippen LogP contribution in [0.5, 0.6) is 0 Å². The van der Waals surface area contributed by atoms with Crippen molar-refractivity contribution in [2.75, 3.05) is 13.1 Å². The molecule has 1 amide bonds. The van der Waals surface area contributed by atoms with E-state index in [1.54, 1.807) is 12.3 Å². The van der Waals surface area contributed by atoms with Gasteiger partial charge in [-0.2, -0.15) is 0 Å². The topological polar surface area (TPSA) is 59.5 Å². The molecule has 5 nitrogen and oxygen atoms in total. The van der Waals surface area contributed by atoms with Gasteiger partial charge in [-0.3, -0.25) is 14.6 Å². The van der Waals surface area contributed by atoms with Crippen LogP contribution in [-0.4, -0.2) is 41.0 Å². The van der Waals surface area contributed by atoms with Gasteiger partial charge >= 0.3 is 5.97 Å². The summed E-state index contributed by atoms with van der Waals surface area (Å²) in [5.41, 5.74) is 2.51. The summed E-state index contributed by atoms with van der Waals surface area (Å²) in [6.45, 7) is 3.58. The maximum atomic E-state index is 13.6. The fraction of sp³-hybridized carbons (Fsp3) is 0.483. The number of ether oxygens (including phenoxy) is 1. The fourth-order valence-electron chi connectivity index (χ4n) is 6.70. The molecular weight excluding hydrogens is 443 g/mol. The van der Waals surface area contributed by atoms with E-state index in [0.717, 1.165) is 55.6 Å². The number of amides is 1. The molecule has 2 aromatic rings. The second kappa shape index (κ2) is 8.89. The van der Waals surface area contributed by atoms with E-state index in [2.05, 4.69) is 22.0 Å². The highest BCUT2D eigenvalue weighted by Crippen LogP contribution is 2.52. The number of benzene rings is 1. The Morgan fingerprint density at radius 2 is 2.03 bits per heavy atom. The van der Waals surface area contributed by atoms with Gasteiger partial charge < -0.3 is 9.64 Å². The molecule has 2 saturated heterocycles. The monoisotopic (exact) mass is 474 g/mol. The van der Waals surface area contributed by atoms with Crippen LogP contribution in [0.1, 0.15) is 38.3 Å². The SMILES string of the molecule is C[C@H]1OC(=O)C2CC3CN(C(=O)C4CC4)CCC3C(/C=C/c3ccc(-c4cccc(F)c4)cn3)C21. The van der Waals surface area contributed by atoms with Crippen LogP contribution < -0.4 is 0 Å². The number of likely N-dealkylation sites (tertiary alicyclic amines) is 1. The standard InChI is InChI=1S/C29H31FN2O3/c1-17-27-25(10-9-23-8-7-20(15-31-23)19-3-2-4-22(30)13-19)24-11-12-32(28(33)18-5-6-18)16-21(24)14-26(27)29(34)35-17/h2-4,7-10,13,15,17-18,21,24-27H,5-6,11-12,14,16H2,1H3/b10-9+/t17-,21?,24?,25?,26?,27?/m1/s1. The Balaban J connectivity index is 1.23. The summed E-state index contributed by atoms with van der Waals surface area (Å²) in [4.78, 5) is 32.0. The zero-order valence-electron chi connectivity index (χ0n) is 20.0. The first-order valence-corrected chi connectivity index (χ1v) is 12.9. The first-order chi connectivity index (χ1) is 17.0. The maximum Gasteiger partial charge on any atom is 0.309 e. The number of carbonyl (C=O) groups excluding carboxylic acids is 2. The molecule has 35 heavy (non-hydrogen) atoms. The van der Waals surface area contributed by atoms with E-state index in [1.807, 2.05) is 25.1 Å². The average molecular weight is 475 g/mol. The predicted octanol–water partition coefficient (Wildman–Crippen LogP) is 4.97. The number of hydrogen-bond donors (Lipinski definition) is 0. The number of nitrogens with zero attached hydrogens (tertiary/aromatic N) is 2. The quantitative estimate of drug-likeness (QED) is 0.587. The summed E-state index contributed by atoms with van der Waals surface area (Å²) >= 11 is 0.